The molecular weight excluding hydrogens is 368 g/mol. The van der Waals surface area contributed by atoms with Crippen LogP contribution in [0.1, 0.15) is 74.1 Å². The first kappa shape index (κ1) is 21.0. The monoisotopic (exact) mass is 398 g/mol. The molecule has 28 heavy (non-hydrogen) atoms. The van der Waals surface area contributed by atoms with Gasteiger partial charge < -0.3 is 10.4 Å². The highest BCUT2D eigenvalue weighted by Gasteiger charge is 2.24. The van der Waals surface area contributed by atoms with Gasteiger partial charge in [0.05, 0.1) is 11.8 Å². The number of pyridine rings is 1. The first-order valence-electron chi connectivity index (χ1n) is 10.4. The van der Waals surface area contributed by atoms with Crippen molar-refractivity contribution in [3.8, 4) is 0 Å². The lowest BCUT2D eigenvalue weighted by atomic mass is 9.89. The minimum absolute atomic E-state index is 0.493. The molecule has 0 spiro atoms. The maximum Gasteiger partial charge on any atom is 0.0776 e. The van der Waals surface area contributed by atoms with Gasteiger partial charge in [-0.15, -0.1) is 0 Å². The second-order valence-corrected chi connectivity index (χ2v) is 8.13. The molecule has 0 saturated carbocycles. The molecule has 4 heteroatoms. The molecule has 1 unspecified atom stereocenters. The van der Waals surface area contributed by atoms with Crippen molar-refractivity contribution in [2.45, 2.75) is 59.0 Å². The van der Waals surface area contributed by atoms with Gasteiger partial charge in [0, 0.05) is 16.8 Å². The summed E-state index contributed by atoms with van der Waals surface area (Å²) in [4.78, 5) is 4.81. The van der Waals surface area contributed by atoms with Crippen LogP contribution in [0.3, 0.4) is 0 Å². The van der Waals surface area contributed by atoms with Crippen molar-refractivity contribution in [3.63, 3.8) is 0 Å². The van der Waals surface area contributed by atoms with E-state index in [0.29, 0.717) is 0 Å². The summed E-state index contributed by atoms with van der Waals surface area (Å²) in [5.41, 5.74) is 8.54. The molecule has 0 amide bonds. The lowest BCUT2D eigenvalue weighted by Gasteiger charge is -2.22. The summed E-state index contributed by atoms with van der Waals surface area (Å²) in [6.07, 6.45) is 6.56. The summed E-state index contributed by atoms with van der Waals surface area (Å²) in [6.45, 7) is 8.08. The Kier molecular flexibility index (Phi) is 7.28. The molecule has 150 valence electrons. The molecule has 0 radical (unpaired) electrons. The highest BCUT2D eigenvalue weighted by atomic mass is 35.5. The van der Waals surface area contributed by atoms with E-state index in [4.69, 9.17) is 16.6 Å². The Hall–Kier alpha value is -1.68. The van der Waals surface area contributed by atoms with Crippen LogP contribution in [0.4, 0.5) is 0 Å². The Morgan fingerprint density at radius 3 is 2.43 bits per heavy atom. The molecule has 1 aliphatic carbocycles. The van der Waals surface area contributed by atoms with E-state index in [1.807, 2.05) is 12.3 Å². The lowest BCUT2D eigenvalue weighted by molar-refractivity contribution is 0.198. The third-order valence-electron chi connectivity index (χ3n) is 5.27. The molecule has 2 N–H and O–H groups in total. The van der Waals surface area contributed by atoms with Gasteiger partial charge in [-0.3, -0.25) is 4.98 Å². The molecule has 3 nitrogen and oxygen atoms in total. The standard InChI is InChI=1S/C21H23ClN2O.C3H8/c1-13(25)17-10-16-3-2-15-11-18(22)4-5-19(15)20(21(16)24-12-17)14-6-8-23-9-7-14;1-3-2/h4-5,10-13,23,25H,2-3,6-9H2,1H3;3H2,1-2H3. The van der Waals surface area contributed by atoms with Crippen LogP contribution in [-0.4, -0.2) is 23.2 Å². The zero-order chi connectivity index (χ0) is 20.1. The average Bonchev–Trinajstić information content (AvgIpc) is 2.85. The molecule has 4 rings (SSSR count). The first-order chi connectivity index (χ1) is 13.5. The maximum atomic E-state index is 9.94. The van der Waals surface area contributed by atoms with Crippen molar-refractivity contribution in [3.05, 3.63) is 69.0 Å². The Morgan fingerprint density at radius 2 is 1.75 bits per heavy atom. The molecule has 2 aliphatic rings. The van der Waals surface area contributed by atoms with Crippen LogP contribution < -0.4 is 5.32 Å². The number of aliphatic hydroxyl groups excluding tert-OH is 1. The van der Waals surface area contributed by atoms with E-state index in [2.05, 4.69) is 37.4 Å². The molecule has 1 aromatic heterocycles. The van der Waals surface area contributed by atoms with E-state index < -0.39 is 6.10 Å². The quantitative estimate of drug-likeness (QED) is 0.667. The van der Waals surface area contributed by atoms with Gasteiger partial charge >= 0.3 is 0 Å². The van der Waals surface area contributed by atoms with Crippen LogP contribution in [0, 0.1) is 0 Å². The van der Waals surface area contributed by atoms with Crippen molar-refractivity contribution < 1.29 is 5.11 Å². The summed E-state index contributed by atoms with van der Waals surface area (Å²) < 4.78 is 0. The fourth-order valence-electron chi connectivity index (χ4n) is 3.92. The number of halogens is 1. The molecule has 1 fully saturated rings. The van der Waals surface area contributed by atoms with Crippen molar-refractivity contribution in [2.75, 3.05) is 13.1 Å². The number of aromatic nitrogens is 1. The van der Waals surface area contributed by atoms with Gasteiger partial charge in [0.15, 0.2) is 0 Å². The van der Waals surface area contributed by atoms with E-state index >= 15 is 0 Å². The van der Waals surface area contributed by atoms with Crippen LogP contribution in [0.15, 0.2) is 36.0 Å². The summed E-state index contributed by atoms with van der Waals surface area (Å²) in [6, 6.07) is 8.36. The van der Waals surface area contributed by atoms with Gasteiger partial charge in [0.25, 0.3) is 0 Å². The molecule has 1 aliphatic heterocycles. The van der Waals surface area contributed by atoms with Crippen LogP contribution in [0.25, 0.3) is 5.57 Å². The second kappa shape index (κ2) is 9.69. The van der Waals surface area contributed by atoms with Gasteiger partial charge in [0.2, 0.25) is 0 Å². The van der Waals surface area contributed by atoms with Gasteiger partial charge in [-0.2, -0.15) is 0 Å². The fraction of sp³-hybridized carbons (Fsp3) is 0.458. The number of nitrogens with zero attached hydrogens (tertiary/aromatic N) is 1. The Labute approximate surface area is 173 Å². The number of rotatable bonds is 1. The van der Waals surface area contributed by atoms with Crippen LogP contribution >= 0.6 is 11.6 Å². The minimum Gasteiger partial charge on any atom is -0.389 e. The molecular formula is C24H31ClN2O. The zero-order valence-electron chi connectivity index (χ0n) is 17.2. The normalized spacial score (nSPS) is 17.0. The van der Waals surface area contributed by atoms with Crippen molar-refractivity contribution in [2.24, 2.45) is 0 Å². The van der Waals surface area contributed by atoms with Crippen LogP contribution in [-0.2, 0) is 12.8 Å². The molecule has 1 saturated heterocycles. The number of piperidine rings is 1. The number of hydrogen-bond acceptors (Lipinski definition) is 3. The number of hydrogen-bond donors (Lipinski definition) is 2. The Morgan fingerprint density at radius 1 is 1.07 bits per heavy atom. The van der Waals surface area contributed by atoms with Crippen LogP contribution in [0.2, 0.25) is 5.02 Å². The maximum absolute atomic E-state index is 9.94. The van der Waals surface area contributed by atoms with Gasteiger partial charge in [-0.25, -0.2) is 0 Å². The SMILES string of the molecule is CC(O)c1cnc2c(c1)CCc1cc(Cl)ccc1C2=C1CCNCC1.CCC. The Bertz CT molecular complexity index is 850. The minimum atomic E-state index is -0.493. The topological polar surface area (TPSA) is 45.2 Å². The Balaban J connectivity index is 0.000000706. The number of fused-ring (bicyclic) bond motifs is 2. The zero-order valence-corrected chi connectivity index (χ0v) is 17.9. The first-order valence-corrected chi connectivity index (χ1v) is 10.8. The second-order valence-electron chi connectivity index (χ2n) is 7.69. The number of benzene rings is 1. The highest BCUT2D eigenvalue weighted by Crippen LogP contribution is 2.38. The average molecular weight is 399 g/mol. The van der Waals surface area contributed by atoms with E-state index in [-0.39, 0.29) is 0 Å². The summed E-state index contributed by atoms with van der Waals surface area (Å²) in [5, 5.41) is 14.2. The lowest BCUT2D eigenvalue weighted by Crippen LogP contribution is -2.24. The molecule has 2 heterocycles. The van der Waals surface area contributed by atoms with Crippen molar-refractivity contribution in [1.82, 2.24) is 10.3 Å². The summed E-state index contributed by atoms with van der Waals surface area (Å²) >= 11 is 6.27. The van der Waals surface area contributed by atoms with Crippen molar-refractivity contribution >= 4 is 17.2 Å². The van der Waals surface area contributed by atoms with Crippen molar-refractivity contribution in [1.29, 1.82) is 0 Å². The van der Waals surface area contributed by atoms with E-state index in [9.17, 15) is 5.11 Å². The summed E-state index contributed by atoms with van der Waals surface area (Å²) in [7, 11) is 0. The highest BCUT2D eigenvalue weighted by molar-refractivity contribution is 6.30. The largest absolute Gasteiger partial charge is 0.389 e. The molecule has 1 atom stereocenters. The fourth-order valence-corrected chi connectivity index (χ4v) is 4.11. The smallest absolute Gasteiger partial charge is 0.0776 e. The third kappa shape index (κ3) is 4.65. The van der Waals surface area contributed by atoms with Gasteiger partial charge in [-0.1, -0.05) is 43.5 Å². The van der Waals surface area contributed by atoms with E-state index in [1.54, 1.807) is 6.92 Å². The third-order valence-corrected chi connectivity index (χ3v) is 5.50. The van der Waals surface area contributed by atoms with E-state index in [0.717, 1.165) is 55.1 Å². The summed E-state index contributed by atoms with van der Waals surface area (Å²) in [5.74, 6) is 0. The number of nitrogens with one attached hydrogen (secondary N) is 1. The molecule has 1 aromatic carbocycles. The predicted octanol–water partition coefficient (Wildman–Crippen LogP) is 5.49. The van der Waals surface area contributed by atoms with Gasteiger partial charge in [-0.05, 0) is 86.1 Å². The predicted molar refractivity (Wildman–Crippen MR) is 118 cm³/mol. The van der Waals surface area contributed by atoms with E-state index in [1.165, 1.54) is 34.3 Å². The number of aryl methyl sites for hydroxylation is 2. The number of aliphatic hydroxyl groups is 1. The molecule has 2 aromatic rings. The van der Waals surface area contributed by atoms with Gasteiger partial charge in [0.1, 0.15) is 0 Å². The molecule has 0 bridgehead atoms. The van der Waals surface area contributed by atoms with Crippen LogP contribution in [0.5, 0.6) is 0 Å².